The molecular formula is C20H14Cl2F6O2. The molecule has 1 N–H and O–H groups in total. The lowest BCUT2D eigenvalue weighted by molar-refractivity contribution is -0.265. The van der Waals surface area contributed by atoms with Gasteiger partial charge in [0.05, 0.1) is 12.0 Å². The van der Waals surface area contributed by atoms with Gasteiger partial charge >= 0.3 is 12.4 Å². The molecule has 3 rings (SSSR count). The van der Waals surface area contributed by atoms with Crippen LogP contribution in [0, 0.1) is 0 Å². The summed E-state index contributed by atoms with van der Waals surface area (Å²) in [6.07, 6.45) is -11.0. The maximum Gasteiger partial charge on any atom is 0.421 e. The number of aryl methyl sites for hydroxylation is 1. The Morgan fingerprint density at radius 3 is 2.23 bits per heavy atom. The van der Waals surface area contributed by atoms with E-state index in [1.807, 2.05) is 0 Å². The molecule has 0 amide bonds. The van der Waals surface area contributed by atoms with Crippen molar-refractivity contribution in [2.45, 2.75) is 41.5 Å². The van der Waals surface area contributed by atoms with Gasteiger partial charge in [0.25, 0.3) is 0 Å². The molecule has 0 saturated carbocycles. The molecular weight excluding hydrogens is 457 g/mol. The fraction of sp³-hybridized carbons (Fsp3) is 0.350. The predicted octanol–water partition coefficient (Wildman–Crippen LogP) is 6.30. The smallest absolute Gasteiger partial charge is 0.376 e. The molecule has 1 atom stereocenters. The molecule has 1 aliphatic carbocycles. The normalized spacial score (nSPS) is 18.0. The largest absolute Gasteiger partial charge is 0.421 e. The van der Waals surface area contributed by atoms with Gasteiger partial charge in [-0.15, -0.1) is 0 Å². The second kappa shape index (κ2) is 7.43. The molecule has 10 heteroatoms. The first-order chi connectivity index (χ1) is 13.6. The van der Waals surface area contributed by atoms with E-state index >= 15 is 0 Å². The molecule has 2 aromatic rings. The first kappa shape index (κ1) is 22.9. The molecule has 0 fully saturated rings. The summed E-state index contributed by atoms with van der Waals surface area (Å²) in [5.41, 5.74) is -5.25. The number of ketones is 1. The average molecular weight is 471 g/mol. The summed E-state index contributed by atoms with van der Waals surface area (Å²) in [5.74, 6) is -1.09. The fourth-order valence-electron chi connectivity index (χ4n) is 3.41. The van der Waals surface area contributed by atoms with E-state index < -0.39 is 45.6 Å². The van der Waals surface area contributed by atoms with Crippen molar-refractivity contribution in [2.24, 2.45) is 0 Å². The van der Waals surface area contributed by atoms with Gasteiger partial charge in [-0.1, -0.05) is 47.5 Å². The van der Waals surface area contributed by atoms with E-state index in [0.717, 1.165) is 6.07 Å². The van der Waals surface area contributed by atoms with Crippen LogP contribution in [0.4, 0.5) is 26.3 Å². The van der Waals surface area contributed by atoms with Gasteiger partial charge in [-0.3, -0.25) is 4.79 Å². The number of alkyl halides is 8. The van der Waals surface area contributed by atoms with E-state index in [9.17, 15) is 36.2 Å². The summed E-state index contributed by atoms with van der Waals surface area (Å²) in [6, 6.07) is 6.21. The van der Waals surface area contributed by atoms with Crippen molar-refractivity contribution >= 4 is 29.0 Å². The molecule has 0 bridgehead atoms. The van der Waals surface area contributed by atoms with Gasteiger partial charge in [-0.25, -0.2) is 0 Å². The van der Waals surface area contributed by atoms with Crippen LogP contribution in [0.5, 0.6) is 0 Å². The number of fused-ring (bicyclic) bond motifs is 1. The Morgan fingerprint density at radius 1 is 1.00 bits per heavy atom. The highest BCUT2D eigenvalue weighted by molar-refractivity contribution is 6.48. The van der Waals surface area contributed by atoms with Gasteiger partial charge in [0.15, 0.2) is 11.4 Å². The highest BCUT2D eigenvalue weighted by Crippen LogP contribution is 2.47. The number of halogens is 8. The zero-order chi connectivity index (χ0) is 22.5. The lowest BCUT2D eigenvalue weighted by atomic mass is 9.85. The molecule has 0 aromatic heterocycles. The van der Waals surface area contributed by atoms with Gasteiger partial charge in [0, 0.05) is 5.56 Å². The van der Waals surface area contributed by atoms with Crippen molar-refractivity contribution in [1.82, 2.24) is 0 Å². The van der Waals surface area contributed by atoms with Crippen LogP contribution in [-0.2, 0) is 22.5 Å². The predicted molar refractivity (Wildman–Crippen MR) is 98.5 cm³/mol. The van der Waals surface area contributed by atoms with Gasteiger partial charge in [-0.2, -0.15) is 26.3 Å². The topological polar surface area (TPSA) is 37.3 Å². The quantitative estimate of drug-likeness (QED) is 0.323. The molecule has 0 saturated heterocycles. The number of hydrogen-bond acceptors (Lipinski definition) is 2. The standard InChI is InChI=1S/C20H14Cl2F6O2/c21-18(22)7-6-11-8-12(4-5-15(11)18)16(29)10-17(30,20(26,27)28)13-2-1-3-14(9-13)19(23,24)25/h1-5,8-9,30H,6-7,10H2/t17-/m1/s1. The van der Waals surface area contributed by atoms with E-state index in [2.05, 4.69) is 0 Å². The third-order valence-corrected chi connectivity index (χ3v) is 5.87. The van der Waals surface area contributed by atoms with E-state index in [1.54, 1.807) is 0 Å². The second-order valence-electron chi connectivity index (χ2n) is 7.11. The van der Waals surface area contributed by atoms with Crippen LogP contribution in [0.2, 0.25) is 0 Å². The van der Waals surface area contributed by atoms with Crippen LogP contribution in [0.15, 0.2) is 42.5 Å². The molecule has 2 nitrogen and oxygen atoms in total. The molecule has 0 spiro atoms. The Morgan fingerprint density at radius 2 is 1.63 bits per heavy atom. The Kier molecular flexibility index (Phi) is 5.67. The van der Waals surface area contributed by atoms with E-state index in [0.29, 0.717) is 36.1 Å². The van der Waals surface area contributed by atoms with Crippen molar-refractivity contribution in [2.75, 3.05) is 0 Å². The number of carbonyl (C=O) groups excluding carboxylic acids is 1. The molecule has 2 aromatic carbocycles. The van der Waals surface area contributed by atoms with Crippen molar-refractivity contribution in [3.8, 4) is 0 Å². The molecule has 0 heterocycles. The van der Waals surface area contributed by atoms with E-state index in [1.165, 1.54) is 18.2 Å². The fourth-order valence-corrected chi connectivity index (χ4v) is 3.97. The third-order valence-electron chi connectivity index (χ3n) is 5.08. The van der Waals surface area contributed by atoms with Gasteiger partial charge in [0.1, 0.15) is 4.33 Å². The molecule has 0 aliphatic heterocycles. The zero-order valence-corrected chi connectivity index (χ0v) is 16.6. The number of benzene rings is 2. The summed E-state index contributed by atoms with van der Waals surface area (Å²) >= 11 is 12.3. The van der Waals surface area contributed by atoms with Gasteiger partial charge in [-0.05, 0) is 47.7 Å². The lowest BCUT2D eigenvalue weighted by Gasteiger charge is -2.31. The van der Waals surface area contributed by atoms with E-state index in [4.69, 9.17) is 23.2 Å². The summed E-state index contributed by atoms with van der Waals surface area (Å²) in [5, 5.41) is 10.4. The van der Waals surface area contributed by atoms with Crippen molar-refractivity contribution in [3.05, 3.63) is 70.3 Å². The monoisotopic (exact) mass is 470 g/mol. The summed E-state index contributed by atoms with van der Waals surface area (Å²) < 4.78 is 78.7. The molecule has 1 aliphatic rings. The van der Waals surface area contributed by atoms with E-state index in [-0.39, 0.29) is 11.6 Å². The van der Waals surface area contributed by atoms with Gasteiger partial charge < -0.3 is 5.11 Å². The summed E-state index contributed by atoms with van der Waals surface area (Å²) in [6.45, 7) is 0. The minimum absolute atomic E-state index is 0.130. The van der Waals surface area contributed by atoms with Crippen LogP contribution in [0.3, 0.4) is 0 Å². The van der Waals surface area contributed by atoms with Crippen molar-refractivity contribution in [3.63, 3.8) is 0 Å². The maximum absolute atomic E-state index is 13.7. The zero-order valence-electron chi connectivity index (χ0n) is 15.0. The number of aliphatic hydroxyl groups is 1. The number of Topliss-reactive ketones (excluding diaryl/α,β-unsaturated/α-hetero) is 1. The number of rotatable bonds is 4. The molecule has 162 valence electrons. The Balaban J connectivity index is 1.98. The van der Waals surface area contributed by atoms with Crippen molar-refractivity contribution < 1.29 is 36.2 Å². The Hall–Kier alpha value is -1.77. The first-order valence-corrected chi connectivity index (χ1v) is 9.42. The molecule has 0 unspecified atom stereocenters. The van der Waals surface area contributed by atoms with Crippen molar-refractivity contribution in [1.29, 1.82) is 0 Å². The third kappa shape index (κ3) is 4.18. The lowest BCUT2D eigenvalue weighted by Crippen LogP contribution is -2.44. The van der Waals surface area contributed by atoms with Gasteiger partial charge in [0.2, 0.25) is 0 Å². The van der Waals surface area contributed by atoms with Crippen LogP contribution >= 0.6 is 23.2 Å². The van der Waals surface area contributed by atoms with Crippen LogP contribution in [0.1, 0.15) is 45.5 Å². The highest BCUT2D eigenvalue weighted by Gasteiger charge is 2.56. The first-order valence-electron chi connectivity index (χ1n) is 8.66. The molecule has 30 heavy (non-hydrogen) atoms. The minimum atomic E-state index is -5.40. The SMILES string of the molecule is O=C(C[C@@](O)(c1cccc(C(F)(F)F)c1)C(F)(F)F)c1ccc2c(c1)CCC2(Cl)Cl. The summed E-state index contributed by atoms with van der Waals surface area (Å²) in [7, 11) is 0. The van der Waals surface area contributed by atoms with Crippen LogP contribution in [0.25, 0.3) is 0 Å². The highest BCUT2D eigenvalue weighted by atomic mass is 35.5. The number of hydrogen-bond donors (Lipinski definition) is 1. The summed E-state index contributed by atoms with van der Waals surface area (Å²) in [4.78, 5) is 12.6. The second-order valence-corrected chi connectivity index (χ2v) is 8.60. The number of carbonyl (C=O) groups is 1. The Bertz CT molecular complexity index is 984. The molecule has 0 radical (unpaired) electrons. The maximum atomic E-state index is 13.7. The minimum Gasteiger partial charge on any atom is -0.376 e. The van der Waals surface area contributed by atoms with Crippen LogP contribution < -0.4 is 0 Å². The van der Waals surface area contributed by atoms with Crippen LogP contribution in [-0.4, -0.2) is 17.1 Å². The average Bonchev–Trinajstić information content (AvgIpc) is 2.94. The Labute approximate surface area is 177 Å².